The molecule has 1 heterocycles. The molecule has 0 fully saturated rings. The van der Waals surface area contributed by atoms with Crippen LogP contribution in [0.25, 0.3) is 16.3 Å². The van der Waals surface area contributed by atoms with E-state index in [1.54, 1.807) is 18.2 Å². The van der Waals surface area contributed by atoms with Gasteiger partial charge in [0.05, 0.1) is 15.1 Å². The number of nitro groups is 1. The highest BCUT2D eigenvalue weighted by molar-refractivity contribution is 7.22. The van der Waals surface area contributed by atoms with Gasteiger partial charge in [0.25, 0.3) is 5.69 Å². The Morgan fingerprint density at radius 2 is 2.00 bits per heavy atom. The zero-order valence-corrected chi connectivity index (χ0v) is 12.9. The fourth-order valence-electron chi connectivity index (χ4n) is 1.97. The van der Waals surface area contributed by atoms with Crippen LogP contribution in [0.15, 0.2) is 48.5 Å². The Hall–Kier alpha value is -3.13. The first-order valence-electron chi connectivity index (χ1n) is 6.81. The van der Waals surface area contributed by atoms with Gasteiger partial charge >= 0.3 is 0 Å². The van der Waals surface area contributed by atoms with E-state index >= 15 is 0 Å². The lowest BCUT2D eigenvalue weighted by Gasteiger charge is -1.96. The van der Waals surface area contributed by atoms with E-state index < -0.39 is 10.8 Å². The molecule has 0 spiro atoms. The molecule has 0 saturated heterocycles. The zero-order valence-electron chi connectivity index (χ0n) is 12.1. The van der Waals surface area contributed by atoms with Crippen molar-refractivity contribution < 1.29 is 14.1 Å². The topological polar surface area (TPSA) is 85.1 Å². The number of nitrogens with one attached hydrogen (secondary N) is 1. The predicted octanol–water partition coefficient (Wildman–Crippen LogP) is 4.00. The smallest absolute Gasteiger partial charge is 0.270 e. The lowest BCUT2D eigenvalue weighted by atomic mass is 10.2. The molecule has 0 bridgehead atoms. The Morgan fingerprint density at radius 1 is 1.25 bits per heavy atom. The molecule has 8 heteroatoms. The van der Waals surface area contributed by atoms with Crippen LogP contribution in [0.1, 0.15) is 5.56 Å². The van der Waals surface area contributed by atoms with Gasteiger partial charge in [0, 0.05) is 18.2 Å². The second-order valence-corrected chi connectivity index (χ2v) is 5.83. The largest absolute Gasteiger partial charge is 0.298 e. The van der Waals surface area contributed by atoms with Crippen molar-refractivity contribution in [1.29, 1.82) is 0 Å². The summed E-state index contributed by atoms with van der Waals surface area (Å²) in [4.78, 5) is 26.4. The summed E-state index contributed by atoms with van der Waals surface area (Å²) in [6, 6.07) is 10.0. The Kier molecular flexibility index (Phi) is 4.30. The molecule has 3 aromatic rings. The van der Waals surface area contributed by atoms with Gasteiger partial charge in [-0.3, -0.25) is 20.2 Å². The summed E-state index contributed by atoms with van der Waals surface area (Å²) in [5.74, 6) is -0.743. The molecule has 1 aromatic heterocycles. The number of amides is 1. The first-order chi connectivity index (χ1) is 11.5. The second-order valence-electron chi connectivity index (χ2n) is 4.80. The minimum absolute atomic E-state index is 0.0276. The molecule has 0 aliphatic carbocycles. The van der Waals surface area contributed by atoms with Gasteiger partial charge in [-0.1, -0.05) is 23.5 Å². The highest BCUT2D eigenvalue weighted by atomic mass is 32.1. The highest BCUT2D eigenvalue weighted by Gasteiger charge is 2.11. The molecule has 0 atom stereocenters. The maximum Gasteiger partial charge on any atom is 0.270 e. The van der Waals surface area contributed by atoms with Crippen LogP contribution >= 0.6 is 11.3 Å². The number of carbonyl (C=O) groups is 1. The molecule has 0 aliphatic rings. The number of carbonyl (C=O) groups excluding carboxylic acids is 1. The number of fused-ring (bicyclic) bond motifs is 1. The minimum Gasteiger partial charge on any atom is -0.298 e. The summed E-state index contributed by atoms with van der Waals surface area (Å²) in [6.07, 6.45) is 2.86. The van der Waals surface area contributed by atoms with Crippen LogP contribution in [0, 0.1) is 15.9 Å². The molecule has 1 N–H and O–H groups in total. The van der Waals surface area contributed by atoms with E-state index in [0.29, 0.717) is 20.9 Å². The minimum atomic E-state index is -0.483. The van der Waals surface area contributed by atoms with E-state index in [9.17, 15) is 19.3 Å². The van der Waals surface area contributed by atoms with E-state index in [1.165, 1.54) is 36.4 Å². The van der Waals surface area contributed by atoms with E-state index in [2.05, 4.69) is 10.3 Å². The number of aromatic nitrogens is 1. The lowest BCUT2D eigenvalue weighted by molar-refractivity contribution is -0.384. The number of benzene rings is 2. The summed E-state index contributed by atoms with van der Waals surface area (Å²) in [5.41, 5.74) is 1.23. The molecular weight excluding hydrogens is 333 g/mol. The monoisotopic (exact) mass is 343 g/mol. The van der Waals surface area contributed by atoms with Gasteiger partial charge < -0.3 is 0 Å². The third-order valence-corrected chi connectivity index (χ3v) is 4.04. The molecular formula is C16H10FN3O3S. The Bertz CT molecular complexity index is 951. The first-order valence-corrected chi connectivity index (χ1v) is 7.62. The van der Waals surface area contributed by atoms with Gasteiger partial charge in [0.15, 0.2) is 5.13 Å². The quantitative estimate of drug-likeness (QED) is 0.441. The van der Waals surface area contributed by atoms with Crippen molar-refractivity contribution >= 4 is 44.4 Å². The number of rotatable bonds is 4. The van der Waals surface area contributed by atoms with Crippen molar-refractivity contribution in [1.82, 2.24) is 4.98 Å². The van der Waals surface area contributed by atoms with Crippen LogP contribution in [0.5, 0.6) is 0 Å². The summed E-state index contributed by atoms with van der Waals surface area (Å²) in [5, 5.41) is 13.7. The number of thiazole rings is 1. The van der Waals surface area contributed by atoms with Crippen LogP contribution in [-0.4, -0.2) is 15.8 Å². The zero-order chi connectivity index (χ0) is 17.1. The van der Waals surface area contributed by atoms with Gasteiger partial charge in [-0.25, -0.2) is 9.37 Å². The SMILES string of the molecule is O=C(C=Cc1ccc(F)cc1)Nc1nc2ccc([N+](=O)[O-])cc2s1. The maximum atomic E-state index is 12.8. The third-order valence-electron chi connectivity index (χ3n) is 3.11. The lowest BCUT2D eigenvalue weighted by Crippen LogP contribution is -2.07. The maximum absolute atomic E-state index is 12.8. The summed E-state index contributed by atoms with van der Waals surface area (Å²) in [6.45, 7) is 0. The number of nitrogens with zero attached hydrogens (tertiary/aromatic N) is 2. The summed E-state index contributed by atoms with van der Waals surface area (Å²) in [7, 11) is 0. The van der Waals surface area contributed by atoms with Gasteiger partial charge in [0.1, 0.15) is 5.82 Å². The molecule has 1 amide bonds. The average Bonchev–Trinajstić information content (AvgIpc) is 2.95. The van der Waals surface area contributed by atoms with Crippen LogP contribution in [0.4, 0.5) is 15.2 Å². The molecule has 120 valence electrons. The van der Waals surface area contributed by atoms with Crippen LogP contribution in [-0.2, 0) is 4.79 Å². The third kappa shape index (κ3) is 3.61. The van der Waals surface area contributed by atoms with Gasteiger partial charge in [-0.2, -0.15) is 0 Å². The van der Waals surface area contributed by atoms with Crippen LogP contribution in [0.3, 0.4) is 0 Å². The van der Waals surface area contributed by atoms with E-state index in [-0.39, 0.29) is 11.5 Å². The van der Waals surface area contributed by atoms with Crippen molar-refractivity contribution in [2.75, 3.05) is 5.32 Å². The molecule has 2 aromatic carbocycles. The number of hydrogen-bond donors (Lipinski definition) is 1. The molecule has 24 heavy (non-hydrogen) atoms. The summed E-state index contributed by atoms with van der Waals surface area (Å²) < 4.78 is 13.4. The van der Waals surface area contributed by atoms with E-state index in [1.807, 2.05) is 0 Å². The average molecular weight is 343 g/mol. The molecule has 3 rings (SSSR count). The van der Waals surface area contributed by atoms with Crippen molar-refractivity contribution in [3.05, 3.63) is 70.0 Å². The normalized spacial score (nSPS) is 11.0. The highest BCUT2D eigenvalue weighted by Crippen LogP contribution is 2.29. The predicted molar refractivity (Wildman–Crippen MR) is 90.3 cm³/mol. The van der Waals surface area contributed by atoms with Crippen molar-refractivity contribution in [2.45, 2.75) is 0 Å². The van der Waals surface area contributed by atoms with E-state index in [4.69, 9.17) is 0 Å². The van der Waals surface area contributed by atoms with Crippen LogP contribution in [0.2, 0.25) is 0 Å². The van der Waals surface area contributed by atoms with Crippen LogP contribution < -0.4 is 5.32 Å². The number of non-ortho nitro benzene ring substituents is 1. The van der Waals surface area contributed by atoms with Crippen molar-refractivity contribution in [3.63, 3.8) is 0 Å². The molecule has 6 nitrogen and oxygen atoms in total. The Balaban J connectivity index is 1.73. The van der Waals surface area contributed by atoms with Gasteiger partial charge in [-0.15, -0.1) is 0 Å². The number of anilines is 1. The summed E-state index contributed by atoms with van der Waals surface area (Å²) >= 11 is 1.15. The molecule has 0 radical (unpaired) electrons. The fraction of sp³-hybridized carbons (Fsp3) is 0. The molecule has 0 aliphatic heterocycles. The standard InChI is InChI=1S/C16H10FN3O3S/c17-11-4-1-10(2-5-11)3-8-15(21)19-16-18-13-7-6-12(20(22)23)9-14(13)24-16/h1-9H,(H,18,19,21). The Morgan fingerprint density at radius 3 is 2.71 bits per heavy atom. The second kappa shape index (κ2) is 6.55. The number of halogens is 1. The van der Waals surface area contributed by atoms with Crippen molar-refractivity contribution in [3.8, 4) is 0 Å². The van der Waals surface area contributed by atoms with E-state index in [0.717, 1.165) is 11.3 Å². The van der Waals surface area contributed by atoms with Crippen molar-refractivity contribution in [2.24, 2.45) is 0 Å². The van der Waals surface area contributed by atoms with Gasteiger partial charge in [0.2, 0.25) is 5.91 Å². The fourth-order valence-corrected chi connectivity index (χ4v) is 2.88. The molecule has 0 unspecified atom stereocenters. The van der Waals surface area contributed by atoms with Gasteiger partial charge in [-0.05, 0) is 29.8 Å². The first kappa shape index (κ1) is 15.8. The number of hydrogen-bond acceptors (Lipinski definition) is 5. The molecule has 0 saturated carbocycles. The number of nitro benzene ring substituents is 1. The Labute approximate surface area is 139 Å².